The maximum Gasteiger partial charge on any atom is 0.305 e. The first-order chi connectivity index (χ1) is 5.66. The molecule has 0 amide bonds. The Labute approximate surface area is 69.9 Å². The third kappa shape index (κ3) is 1.44. The highest BCUT2D eigenvalue weighted by molar-refractivity contribution is 5.73. The number of hydrogen-bond acceptors (Lipinski definition) is 4. The van der Waals surface area contributed by atoms with Crippen LogP contribution in [0.3, 0.4) is 0 Å². The lowest BCUT2D eigenvalue weighted by Gasteiger charge is -2.24. The van der Waals surface area contributed by atoms with Gasteiger partial charge in [0.05, 0.1) is 16.8 Å². The van der Waals surface area contributed by atoms with Gasteiger partial charge in [0.2, 0.25) is 0 Å². The summed E-state index contributed by atoms with van der Waals surface area (Å²) in [7, 11) is 0. The van der Waals surface area contributed by atoms with Gasteiger partial charge in [0.1, 0.15) is 0 Å². The first-order valence-electron chi connectivity index (χ1n) is 3.81. The molecule has 0 atom stereocenters. The number of hydrogen-bond donors (Lipinski definition) is 2. The molecule has 0 heterocycles. The number of nitro groups is 1. The molecule has 1 fully saturated rings. The third-order valence-corrected chi connectivity index (χ3v) is 2.17. The van der Waals surface area contributed by atoms with Crippen molar-refractivity contribution in [3.8, 4) is 0 Å². The van der Waals surface area contributed by atoms with Crippen LogP contribution in [-0.2, 0) is 0 Å². The molecular formula is C7H11N3O2. The van der Waals surface area contributed by atoms with Crippen molar-refractivity contribution in [2.75, 3.05) is 0 Å². The number of nitrogens with zero attached hydrogens (tertiary/aromatic N) is 1. The van der Waals surface area contributed by atoms with E-state index in [-0.39, 0.29) is 17.3 Å². The van der Waals surface area contributed by atoms with Crippen LogP contribution in [0.5, 0.6) is 0 Å². The first kappa shape index (κ1) is 8.70. The van der Waals surface area contributed by atoms with Crippen LogP contribution < -0.4 is 5.73 Å². The summed E-state index contributed by atoms with van der Waals surface area (Å²) < 4.78 is 0. The van der Waals surface area contributed by atoms with Gasteiger partial charge < -0.3 is 11.1 Å². The molecule has 0 aliphatic heterocycles. The molecule has 1 rings (SSSR count). The standard InChI is InChI=1S/C7H11N3O2/c8-4-6(10(11)12)7(9)5-2-1-3-5/h4-5,8H,1-3,9H2/b7-6+,8-4?. The molecule has 5 nitrogen and oxygen atoms in total. The van der Waals surface area contributed by atoms with Crippen LogP contribution in [0.4, 0.5) is 0 Å². The minimum atomic E-state index is -0.597. The number of rotatable bonds is 3. The molecule has 0 unspecified atom stereocenters. The van der Waals surface area contributed by atoms with Gasteiger partial charge in [-0.2, -0.15) is 0 Å². The van der Waals surface area contributed by atoms with Gasteiger partial charge in [-0.05, 0) is 12.8 Å². The average molecular weight is 169 g/mol. The second-order valence-corrected chi connectivity index (χ2v) is 2.87. The van der Waals surface area contributed by atoms with Gasteiger partial charge in [-0.25, -0.2) is 0 Å². The van der Waals surface area contributed by atoms with Gasteiger partial charge in [-0.1, -0.05) is 6.42 Å². The van der Waals surface area contributed by atoms with Crippen LogP contribution in [0.2, 0.25) is 0 Å². The second-order valence-electron chi connectivity index (χ2n) is 2.87. The van der Waals surface area contributed by atoms with Gasteiger partial charge in [-0.3, -0.25) is 10.1 Å². The molecule has 1 saturated carbocycles. The summed E-state index contributed by atoms with van der Waals surface area (Å²) in [5.41, 5.74) is 5.54. The molecule has 5 heteroatoms. The fourth-order valence-electron chi connectivity index (χ4n) is 1.17. The SMILES string of the molecule is N=C/C(=C(\N)C1CCC1)[N+](=O)[O-]. The zero-order valence-electron chi connectivity index (χ0n) is 6.62. The number of nitrogens with two attached hydrogens (primary N) is 1. The lowest BCUT2D eigenvalue weighted by molar-refractivity contribution is -0.416. The molecule has 0 aromatic rings. The largest absolute Gasteiger partial charge is 0.396 e. The van der Waals surface area contributed by atoms with Crippen molar-refractivity contribution in [1.29, 1.82) is 5.41 Å². The fraction of sp³-hybridized carbons (Fsp3) is 0.571. The van der Waals surface area contributed by atoms with Crippen molar-refractivity contribution in [3.05, 3.63) is 21.5 Å². The zero-order chi connectivity index (χ0) is 9.14. The Morgan fingerprint density at radius 1 is 1.67 bits per heavy atom. The molecule has 0 aromatic heterocycles. The van der Waals surface area contributed by atoms with E-state index in [1.54, 1.807) is 0 Å². The molecule has 0 saturated heterocycles. The van der Waals surface area contributed by atoms with E-state index >= 15 is 0 Å². The lowest BCUT2D eigenvalue weighted by atomic mass is 9.82. The molecule has 3 N–H and O–H groups in total. The van der Waals surface area contributed by atoms with E-state index in [9.17, 15) is 10.1 Å². The first-order valence-corrected chi connectivity index (χ1v) is 3.81. The maximum absolute atomic E-state index is 10.3. The van der Waals surface area contributed by atoms with E-state index in [0.29, 0.717) is 6.21 Å². The van der Waals surface area contributed by atoms with E-state index in [1.807, 2.05) is 0 Å². The summed E-state index contributed by atoms with van der Waals surface area (Å²) in [6.07, 6.45) is 3.62. The lowest BCUT2D eigenvalue weighted by Crippen LogP contribution is -2.23. The van der Waals surface area contributed by atoms with Crippen LogP contribution >= 0.6 is 0 Å². The molecule has 0 aromatic carbocycles. The fourth-order valence-corrected chi connectivity index (χ4v) is 1.17. The van der Waals surface area contributed by atoms with Crippen molar-refractivity contribution < 1.29 is 4.92 Å². The van der Waals surface area contributed by atoms with Gasteiger partial charge in [0, 0.05) is 5.92 Å². The predicted octanol–water partition coefficient (Wildman–Crippen LogP) is 0.883. The molecule has 12 heavy (non-hydrogen) atoms. The summed E-state index contributed by atoms with van der Waals surface area (Å²) in [6.45, 7) is 0. The highest BCUT2D eigenvalue weighted by Gasteiger charge is 2.26. The molecule has 0 spiro atoms. The summed E-state index contributed by atoms with van der Waals surface area (Å²) >= 11 is 0. The molecule has 0 bridgehead atoms. The van der Waals surface area contributed by atoms with E-state index in [0.717, 1.165) is 19.3 Å². The average Bonchev–Trinajstić information content (AvgIpc) is 1.83. The molecular weight excluding hydrogens is 158 g/mol. The Hall–Kier alpha value is -1.39. The number of allylic oxidation sites excluding steroid dienone is 2. The summed E-state index contributed by atoms with van der Waals surface area (Å²) in [5, 5.41) is 17.1. The van der Waals surface area contributed by atoms with E-state index in [4.69, 9.17) is 11.1 Å². The molecule has 0 radical (unpaired) electrons. The van der Waals surface area contributed by atoms with Crippen molar-refractivity contribution in [2.45, 2.75) is 19.3 Å². The van der Waals surface area contributed by atoms with Crippen LogP contribution in [0.1, 0.15) is 19.3 Å². The van der Waals surface area contributed by atoms with Crippen molar-refractivity contribution in [1.82, 2.24) is 0 Å². The Bertz CT molecular complexity index is 243. The Morgan fingerprint density at radius 3 is 2.50 bits per heavy atom. The summed E-state index contributed by atoms with van der Waals surface area (Å²) in [5.74, 6) is 0.131. The zero-order valence-corrected chi connectivity index (χ0v) is 6.62. The van der Waals surface area contributed by atoms with Crippen molar-refractivity contribution in [2.24, 2.45) is 11.7 Å². The van der Waals surface area contributed by atoms with Gasteiger partial charge in [0.15, 0.2) is 0 Å². The van der Waals surface area contributed by atoms with Crippen LogP contribution in [0.25, 0.3) is 0 Å². The highest BCUT2D eigenvalue weighted by atomic mass is 16.6. The second kappa shape index (κ2) is 3.34. The van der Waals surface area contributed by atoms with Crippen LogP contribution in [0, 0.1) is 21.4 Å². The van der Waals surface area contributed by atoms with Crippen molar-refractivity contribution in [3.63, 3.8) is 0 Å². The molecule has 1 aliphatic carbocycles. The van der Waals surface area contributed by atoms with Crippen molar-refractivity contribution >= 4 is 6.21 Å². The molecule has 1 aliphatic rings. The maximum atomic E-state index is 10.3. The van der Waals surface area contributed by atoms with Crippen LogP contribution in [-0.4, -0.2) is 11.1 Å². The quantitative estimate of drug-likeness (QED) is 0.373. The highest BCUT2D eigenvalue weighted by Crippen LogP contribution is 2.31. The Balaban J connectivity index is 2.82. The van der Waals surface area contributed by atoms with Gasteiger partial charge in [-0.15, -0.1) is 0 Å². The smallest absolute Gasteiger partial charge is 0.305 e. The summed E-state index contributed by atoms with van der Waals surface area (Å²) in [4.78, 5) is 9.74. The third-order valence-electron chi connectivity index (χ3n) is 2.17. The minimum absolute atomic E-state index is 0.131. The van der Waals surface area contributed by atoms with Crippen LogP contribution in [0.15, 0.2) is 11.4 Å². The topological polar surface area (TPSA) is 93.0 Å². The van der Waals surface area contributed by atoms with Gasteiger partial charge >= 0.3 is 5.70 Å². The number of nitrogens with one attached hydrogen (secondary N) is 1. The van der Waals surface area contributed by atoms with E-state index < -0.39 is 4.92 Å². The predicted molar refractivity (Wildman–Crippen MR) is 44.3 cm³/mol. The monoisotopic (exact) mass is 169 g/mol. The molecule has 66 valence electrons. The van der Waals surface area contributed by atoms with Gasteiger partial charge in [0.25, 0.3) is 0 Å². The summed E-state index contributed by atoms with van der Waals surface area (Å²) in [6, 6.07) is 0. The van der Waals surface area contributed by atoms with E-state index in [1.165, 1.54) is 0 Å². The Morgan fingerprint density at radius 2 is 2.25 bits per heavy atom. The Kier molecular flexibility index (Phi) is 2.42. The normalized spacial score (nSPS) is 19.3. The van der Waals surface area contributed by atoms with E-state index in [2.05, 4.69) is 0 Å². The minimum Gasteiger partial charge on any atom is -0.396 e.